The summed E-state index contributed by atoms with van der Waals surface area (Å²) in [4.78, 5) is 15.1. The lowest BCUT2D eigenvalue weighted by Crippen LogP contribution is -2.58. The number of amides is 1. The van der Waals surface area contributed by atoms with E-state index in [0.29, 0.717) is 19.5 Å². The van der Waals surface area contributed by atoms with Gasteiger partial charge >= 0.3 is 0 Å². The number of benzene rings is 1. The van der Waals surface area contributed by atoms with Gasteiger partial charge in [-0.2, -0.15) is 22.5 Å². The smallest absolute Gasteiger partial charge is 0.280 e. The second-order valence-electron chi connectivity index (χ2n) is 7.57. The summed E-state index contributed by atoms with van der Waals surface area (Å²) in [7, 11) is -0.494. The van der Waals surface area contributed by atoms with E-state index in [4.69, 9.17) is 0 Å². The number of nitrogens with zero attached hydrogens (tertiary/aromatic N) is 4. The van der Waals surface area contributed by atoms with Crippen LogP contribution in [-0.4, -0.2) is 52.9 Å². The molecule has 0 spiro atoms. The Labute approximate surface area is 165 Å². The van der Waals surface area contributed by atoms with E-state index < -0.39 is 22.3 Å². The largest absolute Gasteiger partial charge is 0.337 e. The van der Waals surface area contributed by atoms with Crippen LogP contribution in [0.3, 0.4) is 0 Å². The third-order valence-corrected chi connectivity index (χ3v) is 7.32. The van der Waals surface area contributed by atoms with E-state index in [1.54, 1.807) is 16.6 Å². The number of hydrogen-bond donors (Lipinski definition) is 1. The predicted octanol–water partition coefficient (Wildman–Crippen LogP) is 0.893. The molecule has 3 heterocycles. The van der Waals surface area contributed by atoms with E-state index >= 15 is 0 Å². The van der Waals surface area contributed by atoms with Crippen LogP contribution < -0.4 is 4.72 Å². The molecule has 1 N–H and O–H groups in total. The first kappa shape index (κ1) is 19.1. The van der Waals surface area contributed by atoms with Crippen molar-refractivity contribution >= 4 is 16.1 Å². The Hall–Kier alpha value is -2.23. The quantitative estimate of drug-likeness (QED) is 0.807. The van der Waals surface area contributed by atoms with Gasteiger partial charge in [0.2, 0.25) is 5.91 Å². The first-order chi connectivity index (χ1) is 13.3. The molecular formula is C19H25N5O3S. The number of hydrogen-bond acceptors (Lipinski definition) is 4. The van der Waals surface area contributed by atoms with Crippen LogP contribution >= 0.6 is 0 Å². The minimum Gasteiger partial charge on any atom is -0.337 e. The van der Waals surface area contributed by atoms with Gasteiger partial charge in [-0.1, -0.05) is 24.3 Å². The van der Waals surface area contributed by atoms with Gasteiger partial charge in [0, 0.05) is 38.9 Å². The van der Waals surface area contributed by atoms with Crippen LogP contribution in [-0.2, 0) is 35.0 Å². The van der Waals surface area contributed by atoms with Crippen molar-refractivity contribution in [3.05, 3.63) is 52.8 Å². The van der Waals surface area contributed by atoms with Crippen molar-refractivity contribution in [1.82, 2.24) is 23.7 Å². The summed E-state index contributed by atoms with van der Waals surface area (Å²) >= 11 is 0. The zero-order chi connectivity index (χ0) is 20.1. The van der Waals surface area contributed by atoms with E-state index in [9.17, 15) is 13.2 Å². The number of carbonyl (C=O) groups is 1. The summed E-state index contributed by atoms with van der Waals surface area (Å²) in [5.41, 5.74) is 3.95. The Morgan fingerprint density at radius 3 is 2.61 bits per heavy atom. The Morgan fingerprint density at radius 2 is 1.93 bits per heavy atom. The zero-order valence-corrected chi connectivity index (χ0v) is 17.1. The molecule has 1 amide bonds. The summed E-state index contributed by atoms with van der Waals surface area (Å²) in [6.45, 7) is 2.97. The summed E-state index contributed by atoms with van der Waals surface area (Å²) in [6.07, 6.45) is 2.97. The lowest BCUT2D eigenvalue weighted by atomic mass is 9.97. The molecule has 2 aliphatic heterocycles. The van der Waals surface area contributed by atoms with Gasteiger partial charge in [-0.25, -0.2) is 0 Å². The van der Waals surface area contributed by atoms with Crippen LogP contribution in [0.15, 0.2) is 30.5 Å². The number of aryl methyl sites for hydroxylation is 2. The van der Waals surface area contributed by atoms with Gasteiger partial charge in [-0.15, -0.1) is 0 Å². The van der Waals surface area contributed by atoms with Crippen molar-refractivity contribution in [1.29, 1.82) is 0 Å². The van der Waals surface area contributed by atoms with Crippen LogP contribution in [0.1, 0.15) is 34.8 Å². The molecule has 2 aromatic rings. The topological polar surface area (TPSA) is 87.5 Å². The molecule has 0 aliphatic carbocycles. The molecular weight excluding hydrogens is 378 g/mol. The summed E-state index contributed by atoms with van der Waals surface area (Å²) in [5.74, 6) is -0.145. The maximum Gasteiger partial charge on any atom is 0.280 e. The second kappa shape index (κ2) is 6.98. The number of aromatic nitrogens is 2. The highest BCUT2D eigenvalue weighted by Crippen LogP contribution is 2.31. The monoisotopic (exact) mass is 403 g/mol. The van der Waals surface area contributed by atoms with Gasteiger partial charge in [0.25, 0.3) is 10.2 Å². The molecule has 0 saturated carbocycles. The van der Waals surface area contributed by atoms with Crippen molar-refractivity contribution in [3.63, 3.8) is 0 Å². The van der Waals surface area contributed by atoms with E-state index in [2.05, 4.69) is 15.9 Å². The summed E-state index contributed by atoms with van der Waals surface area (Å²) in [6, 6.07) is 6.88. The molecule has 28 heavy (non-hydrogen) atoms. The van der Waals surface area contributed by atoms with E-state index in [0.717, 1.165) is 27.5 Å². The first-order valence-electron chi connectivity index (χ1n) is 9.37. The Balaban J connectivity index is 1.60. The van der Waals surface area contributed by atoms with E-state index in [-0.39, 0.29) is 5.91 Å². The number of likely N-dealkylation sites (N-methyl/N-ethyl adjacent to an activating group) is 1. The molecule has 0 unspecified atom stereocenters. The number of fused-ring (bicyclic) bond motifs is 1. The molecule has 1 fully saturated rings. The molecule has 0 radical (unpaired) electrons. The number of rotatable bonds is 2. The molecule has 9 heteroatoms. The van der Waals surface area contributed by atoms with Crippen LogP contribution in [0.5, 0.6) is 0 Å². The van der Waals surface area contributed by atoms with Gasteiger partial charge in [0.1, 0.15) is 6.04 Å². The predicted molar refractivity (Wildman–Crippen MR) is 104 cm³/mol. The lowest BCUT2D eigenvalue weighted by Gasteiger charge is -2.39. The van der Waals surface area contributed by atoms with Crippen LogP contribution in [0.4, 0.5) is 0 Å². The van der Waals surface area contributed by atoms with Crippen molar-refractivity contribution in [2.24, 2.45) is 7.05 Å². The standard InChI is InChI=1S/C19H25N5O3S/c1-13-16(12-22(2)20-13)17-10-18(23(3)28(26,27)21-17)19(25)24-9-8-14-6-4-5-7-15(14)11-24/h4-7,12,17-18,21H,8-11H2,1-3H3/t17-,18+/m0/s1. The fourth-order valence-corrected chi connectivity index (χ4v) is 5.41. The number of nitrogens with one attached hydrogen (secondary N) is 1. The van der Waals surface area contributed by atoms with Crippen LogP contribution in [0, 0.1) is 6.92 Å². The highest BCUT2D eigenvalue weighted by molar-refractivity contribution is 7.87. The second-order valence-corrected chi connectivity index (χ2v) is 9.33. The maximum atomic E-state index is 13.3. The summed E-state index contributed by atoms with van der Waals surface area (Å²) in [5, 5.41) is 4.31. The van der Waals surface area contributed by atoms with Crippen LogP contribution in [0.25, 0.3) is 0 Å². The Kier molecular flexibility index (Phi) is 4.76. The molecule has 2 aliphatic rings. The molecule has 1 saturated heterocycles. The molecule has 1 aromatic carbocycles. The fourth-order valence-electron chi connectivity index (χ4n) is 4.15. The molecule has 0 bridgehead atoms. The van der Waals surface area contributed by atoms with Crippen LogP contribution in [0.2, 0.25) is 0 Å². The van der Waals surface area contributed by atoms with E-state index in [1.807, 2.05) is 31.3 Å². The zero-order valence-electron chi connectivity index (χ0n) is 16.3. The van der Waals surface area contributed by atoms with Gasteiger partial charge in [0.15, 0.2) is 0 Å². The highest BCUT2D eigenvalue weighted by Gasteiger charge is 2.43. The molecule has 8 nitrogen and oxygen atoms in total. The Morgan fingerprint density at radius 1 is 1.21 bits per heavy atom. The average Bonchev–Trinajstić information content (AvgIpc) is 3.01. The first-order valence-corrected chi connectivity index (χ1v) is 10.8. The highest BCUT2D eigenvalue weighted by atomic mass is 32.2. The van der Waals surface area contributed by atoms with Gasteiger partial charge in [-0.05, 0) is 30.9 Å². The number of carbonyl (C=O) groups excluding carboxylic acids is 1. The van der Waals surface area contributed by atoms with Crippen molar-refractivity contribution in [2.75, 3.05) is 13.6 Å². The van der Waals surface area contributed by atoms with Gasteiger partial charge < -0.3 is 4.90 Å². The molecule has 2 atom stereocenters. The van der Waals surface area contributed by atoms with Crippen molar-refractivity contribution in [3.8, 4) is 0 Å². The fraction of sp³-hybridized carbons (Fsp3) is 0.474. The lowest BCUT2D eigenvalue weighted by molar-refractivity contribution is -0.136. The van der Waals surface area contributed by atoms with Crippen molar-refractivity contribution < 1.29 is 13.2 Å². The summed E-state index contributed by atoms with van der Waals surface area (Å²) < 4.78 is 30.9. The van der Waals surface area contributed by atoms with Gasteiger partial charge in [0.05, 0.1) is 11.7 Å². The normalized spacial score (nSPS) is 24.8. The third-order valence-electron chi connectivity index (χ3n) is 5.72. The Bertz CT molecular complexity index is 1020. The van der Waals surface area contributed by atoms with Crippen molar-refractivity contribution in [2.45, 2.75) is 38.4 Å². The SMILES string of the molecule is Cc1nn(C)cc1[C@@H]1C[C@H](C(=O)N2CCc3ccccc3C2)N(C)S(=O)(=O)N1. The van der Waals surface area contributed by atoms with Gasteiger partial charge in [-0.3, -0.25) is 9.48 Å². The minimum atomic E-state index is -3.76. The minimum absolute atomic E-state index is 0.145. The average molecular weight is 404 g/mol. The molecule has 4 rings (SSSR count). The third kappa shape index (κ3) is 3.34. The molecule has 150 valence electrons. The maximum absolute atomic E-state index is 13.3. The van der Waals surface area contributed by atoms with E-state index in [1.165, 1.54) is 12.6 Å². The molecule has 1 aromatic heterocycles.